The molecule has 20 heavy (non-hydrogen) atoms. The molecule has 7 nitrogen and oxygen atoms in total. The zero-order valence-corrected chi connectivity index (χ0v) is 9.52. The Morgan fingerprint density at radius 3 is 2.00 bits per heavy atom. The molecule has 0 atom stereocenters. The van der Waals surface area contributed by atoms with Crippen molar-refractivity contribution >= 4 is 11.4 Å². The largest absolute Gasteiger partial charge is 0.345 e. The Hall–Kier alpha value is -3.51. The predicted molar refractivity (Wildman–Crippen MR) is 60.5 cm³/mol. The number of benzene rings is 1. The van der Waals surface area contributed by atoms with Crippen molar-refractivity contribution in [1.29, 1.82) is 15.8 Å². The third kappa shape index (κ3) is 2.84. The van der Waals surface area contributed by atoms with Crippen molar-refractivity contribution in [2.45, 2.75) is 0 Å². The first-order valence-electron chi connectivity index (χ1n) is 4.79. The van der Waals surface area contributed by atoms with E-state index in [4.69, 9.17) is 15.8 Å². The monoisotopic (exact) mass is 275 g/mol. The van der Waals surface area contributed by atoms with Crippen molar-refractivity contribution in [1.82, 2.24) is 0 Å². The van der Waals surface area contributed by atoms with Gasteiger partial charge in [0.05, 0.1) is 4.92 Å². The molecular weight excluding hydrogens is 272 g/mol. The summed E-state index contributed by atoms with van der Waals surface area (Å²) in [6, 6.07) is 5.46. The smallest absolute Gasteiger partial charge is 0.340 e. The Labute approximate surface area is 110 Å². The second-order valence-corrected chi connectivity index (χ2v) is 3.26. The summed E-state index contributed by atoms with van der Waals surface area (Å²) in [5.74, 6) is -2.91. The molecule has 0 aliphatic carbocycles. The van der Waals surface area contributed by atoms with Crippen LogP contribution in [0.5, 0.6) is 0 Å². The third-order valence-corrected chi connectivity index (χ3v) is 2.05. The summed E-state index contributed by atoms with van der Waals surface area (Å²) in [6.07, 6.45) is 0. The van der Waals surface area contributed by atoms with Crippen LogP contribution in [0.2, 0.25) is 0 Å². The quantitative estimate of drug-likeness (QED) is 0.511. The number of allylic oxidation sites excluding steroid dienone is 2. The molecule has 0 aliphatic rings. The highest BCUT2D eigenvalue weighted by Crippen LogP contribution is 2.26. The Morgan fingerprint density at radius 1 is 1.15 bits per heavy atom. The van der Waals surface area contributed by atoms with Crippen molar-refractivity contribution in [3.8, 4) is 18.2 Å². The summed E-state index contributed by atoms with van der Waals surface area (Å²) >= 11 is 0. The molecule has 1 aromatic carbocycles. The van der Waals surface area contributed by atoms with E-state index in [0.29, 0.717) is 12.1 Å². The first-order chi connectivity index (χ1) is 9.44. The van der Waals surface area contributed by atoms with Crippen LogP contribution in [-0.2, 0) is 0 Å². The van der Waals surface area contributed by atoms with Gasteiger partial charge >= 0.3 is 5.69 Å². The molecule has 0 aromatic heterocycles. The number of nitriles is 3. The third-order valence-electron chi connectivity index (χ3n) is 2.05. The van der Waals surface area contributed by atoms with Crippen LogP contribution in [0.15, 0.2) is 23.4 Å². The van der Waals surface area contributed by atoms with Gasteiger partial charge in [-0.2, -0.15) is 24.6 Å². The number of hydrogen-bond acceptors (Lipinski definition) is 6. The number of rotatable bonds is 3. The van der Waals surface area contributed by atoms with E-state index in [0.717, 1.165) is 0 Å². The minimum Gasteiger partial charge on any atom is -0.345 e. The van der Waals surface area contributed by atoms with E-state index in [-0.39, 0.29) is 5.69 Å². The van der Waals surface area contributed by atoms with Crippen molar-refractivity contribution in [3.63, 3.8) is 0 Å². The van der Waals surface area contributed by atoms with E-state index in [2.05, 4.69) is 5.32 Å². The van der Waals surface area contributed by atoms with Crippen LogP contribution in [0.1, 0.15) is 0 Å². The van der Waals surface area contributed by atoms with E-state index in [1.54, 1.807) is 0 Å². The van der Waals surface area contributed by atoms with Gasteiger partial charge in [-0.1, -0.05) is 0 Å². The molecule has 0 aliphatic heterocycles. The molecule has 1 rings (SSSR count). The Morgan fingerprint density at radius 2 is 1.65 bits per heavy atom. The standard InChI is InChI=1S/C11H3F2N5O2/c12-8-1-7(2-9(13)11(8)18(19)20)17-10(5-16)6(3-14)4-15/h1-2,17H. The normalized spacial score (nSPS) is 8.75. The van der Waals surface area contributed by atoms with Gasteiger partial charge in [-0.3, -0.25) is 10.1 Å². The number of halogens is 2. The fourth-order valence-corrected chi connectivity index (χ4v) is 1.24. The fraction of sp³-hybridized carbons (Fsp3) is 0. The van der Waals surface area contributed by atoms with Crippen LogP contribution >= 0.6 is 0 Å². The fourth-order valence-electron chi connectivity index (χ4n) is 1.24. The second kappa shape index (κ2) is 5.89. The van der Waals surface area contributed by atoms with Gasteiger partial charge < -0.3 is 5.32 Å². The van der Waals surface area contributed by atoms with E-state index in [1.807, 2.05) is 0 Å². The van der Waals surface area contributed by atoms with Crippen molar-refractivity contribution < 1.29 is 13.7 Å². The number of nitro groups is 1. The molecule has 0 unspecified atom stereocenters. The first kappa shape index (κ1) is 14.6. The molecule has 0 radical (unpaired) electrons. The van der Waals surface area contributed by atoms with Gasteiger partial charge in [-0.15, -0.1) is 0 Å². The van der Waals surface area contributed by atoms with E-state index >= 15 is 0 Å². The van der Waals surface area contributed by atoms with Gasteiger partial charge in [-0.05, 0) is 0 Å². The summed E-state index contributed by atoms with van der Waals surface area (Å²) in [7, 11) is 0. The highest BCUT2D eigenvalue weighted by molar-refractivity contribution is 5.60. The molecule has 98 valence electrons. The predicted octanol–water partition coefficient (Wildman–Crippen LogP) is 2.11. The van der Waals surface area contributed by atoms with Gasteiger partial charge in [0.15, 0.2) is 5.57 Å². The van der Waals surface area contributed by atoms with Crippen LogP contribution in [0.25, 0.3) is 0 Å². The molecule has 0 amide bonds. The lowest BCUT2D eigenvalue weighted by Crippen LogP contribution is -2.03. The molecule has 0 saturated heterocycles. The van der Waals surface area contributed by atoms with Gasteiger partial charge in [-0.25, -0.2) is 0 Å². The zero-order chi connectivity index (χ0) is 15.3. The van der Waals surface area contributed by atoms with E-state index in [1.165, 1.54) is 18.2 Å². The molecule has 1 aromatic rings. The first-order valence-corrected chi connectivity index (χ1v) is 4.79. The Balaban J connectivity index is 3.30. The number of hydrogen-bond donors (Lipinski definition) is 1. The van der Waals surface area contributed by atoms with Crippen molar-refractivity contribution in [2.24, 2.45) is 0 Å². The van der Waals surface area contributed by atoms with Crippen LogP contribution in [0.4, 0.5) is 20.2 Å². The number of nitro benzene ring substituents is 1. The SMILES string of the molecule is N#CC(C#N)=C(C#N)Nc1cc(F)c([N+](=O)[O-])c(F)c1. The summed E-state index contributed by atoms with van der Waals surface area (Å²) < 4.78 is 26.7. The number of anilines is 1. The molecule has 0 saturated carbocycles. The van der Waals surface area contributed by atoms with E-state index < -0.39 is 33.5 Å². The van der Waals surface area contributed by atoms with Gasteiger partial charge in [0.25, 0.3) is 0 Å². The summed E-state index contributed by atoms with van der Waals surface area (Å²) in [5, 5.41) is 38.4. The summed E-state index contributed by atoms with van der Waals surface area (Å²) in [5.41, 5.74) is -2.79. The molecule has 0 heterocycles. The lowest BCUT2D eigenvalue weighted by atomic mass is 10.2. The Bertz CT molecular complexity index is 698. The minimum absolute atomic E-state index is 0.342. The zero-order valence-electron chi connectivity index (χ0n) is 9.52. The number of nitrogens with zero attached hydrogens (tertiary/aromatic N) is 4. The van der Waals surface area contributed by atoms with Crippen molar-refractivity contribution in [3.05, 3.63) is 45.2 Å². The Kier molecular flexibility index (Phi) is 4.29. The molecule has 1 N–H and O–H groups in total. The molecular formula is C11H3F2N5O2. The minimum atomic E-state index is -1.45. The average molecular weight is 275 g/mol. The molecule has 0 bridgehead atoms. The van der Waals surface area contributed by atoms with Crippen LogP contribution in [0.3, 0.4) is 0 Å². The van der Waals surface area contributed by atoms with Crippen LogP contribution in [-0.4, -0.2) is 4.92 Å². The summed E-state index contributed by atoms with van der Waals surface area (Å²) in [4.78, 5) is 9.16. The highest BCUT2D eigenvalue weighted by Gasteiger charge is 2.22. The van der Waals surface area contributed by atoms with Crippen molar-refractivity contribution in [2.75, 3.05) is 5.32 Å². The van der Waals surface area contributed by atoms with Crippen LogP contribution < -0.4 is 5.32 Å². The lowest BCUT2D eigenvalue weighted by Gasteiger charge is -2.05. The molecule has 9 heteroatoms. The van der Waals surface area contributed by atoms with Gasteiger partial charge in [0, 0.05) is 17.8 Å². The maximum Gasteiger partial charge on any atom is 0.340 e. The molecule has 0 fully saturated rings. The lowest BCUT2D eigenvalue weighted by molar-refractivity contribution is -0.390. The van der Waals surface area contributed by atoms with Gasteiger partial charge in [0.2, 0.25) is 11.6 Å². The van der Waals surface area contributed by atoms with E-state index in [9.17, 15) is 18.9 Å². The van der Waals surface area contributed by atoms with Crippen LogP contribution in [0, 0.1) is 55.7 Å². The average Bonchev–Trinajstić information content (AvgIpc) is 2.37. The highest BCUT2D eigenvalue weighted by atomic mass is 19.1. The maximum atomic E-state index is 13.3. The topological polar surface area (TPSA) is 127 Å². The maximum absolute atomic E-state index is 13.3. The van der Waals surface area contributed by atoms with Gasteiger partial charge in [0.1, 0.15) is 23.9 Å². The molecule has 0 spiro atoms. The summed E-state index contributed by atoms with van der Waals surface area (Å²) in [6.45, 7) is 0. The number of nitrogens with one attached hydrogen (secondary N) is 1. The second-order valence-electron chi connectivity index (χ2n) is 3.26.